The Bertz CT molecular complexity index is 1630. The summed E-state index contributed by atoms with van der Waals surface area (Å²) in [6, 6.07) is 30.0. The van der Waals surface area contributed by atoms with Crippen LogP contribution in [0.2, 0.25) is 5.02 Å². The monoisotopic (exact) mass is 647 g/mol. The first-order chi connectivity index (χ1) is 21.7. The molecule has 0 radical (unpaired) electrons. The number of unbranched alkanes of at least 4 members (excludes halogenated alkanes) is 1. The molecule has 0 saturated heterocycles. The summed E-state index contributed by atoms with van der Waals surface area (Å²) in [6.07, 6.45) is 1.92. The van der Waals surface area contributed by atoms with E-state index in [2.05, 4.69) is 5.32 Å². The first kappa shape index (κ1) is 33.6. The van der Waals surface area contributed by atoms with Crippen molar-refractivity contribution >= 4 is 39.1 Å². The molecule has 236 valence electrons. The lowest BCUT2D eigenvalue weighted by Crippen LogP contribution is -2.53. The zero-order valence-corrected chi connectivity index (χ0v) is 27.0. The number of halogens is 1. The molecule has 4 rings (SSSR count). The number of nitrogens with one attached hydrogen (secondary N) is 1. The number of carbonyl (C=O) groups is 2. The summed E-state index contributed by atoms with van der Waals surface area (Å²) >= 11 is 6.14. The number of rotatable bonds is 15. The predicted molar refractivity (Wildman–Crippen MR) is 178 cm³/mol. The Kier molecular flexibility index (Phi) is 12.0. The number of amides is 2. The van der Waals surface area contributed by atoms with Gasteiger partial charge < -0.3 is 15.0 Å². The number of nitrogens with zero attached hydrogens (tertiary/aromatic N) is 2. The standard InChI is InChI=1S/C35H38ClN3O5S/c1-3-4-23-37-35(41)33(24-27-11-7-5-8-12-27)38(25-28-15-17-29(36)18-16-28)34(40)26-39(30-19-21-31(44-2)22-20-30)45(42,43)32-13-9-6-10-14-32/h5-22,33H,3-4,23-26H2,1-2H3,(H,37,41). The molecular weight excluding hydrogens is 610 g/mol. The normalized spacial score (nSPS) is 11.8. The second-order valence-electron chi connectivity index (χ2n) is 10.5. The van der Waals surface area contributed by atoms with Gasteiger partial charge in [-0.15, -0.1) is 0 Å². The largest absolute Gasteiger partial charge is 0.497 e. The van der Waals surface area contributed by atoms with Crippen LogP contribution in [0.4, 0.5) is 5.69 Å². The Hall–Kier alpha value is -4.34. The lowest BCUT2D eigenvalue weighted by Gasteiger charge is -2.34. The van der Waals surface area contributed by atoms with Crippen molar-refractivity contribution < 1.29 is 22.7 Å². The van der Waals surface area contributed by atoms with E-state index in [1.54, 1.807) is 66.7 Å². The molecule has 0 bridgehead atoms. The summed E-state index contributed by atoms with van der Waals surface area (Å²) in [5, 5.41) is 3.52. The van der Waals surface area contributed by atoms with E-state index in [9.17, 15) is 18.0 Å². The maximum atomic E-state index is 14.5. The van der Waals surface area contributed by atoms with Gasteiger partial charge in [-0.1, -0.05) is 85.6 Å². The first-order valence-electron chi connectivity index (χ1n) is 14.8. The molecule has 0 fully saturated rings. The van der Waals surface area contributed by atoms with E-state index in [1.165, 1.54) is 24.1 Å². The van der Waals surface area contributed by atoms with E-state index in [4.69, 9.17) is 16.3 Å². The zero-order valence-electron chi connectivity index (χ0n) is 25.4. The van der Waals surface area contributed by atoms with Crippen LogP contribution in [-0.2, 0) is 32.6 Å². The molecule has 0 aliphatic heterocycles. The lowest BCUT2D eigenvalue weighted by atomic mass is 10.0. The van der Waals surface area contributed by atoms with Gasteiger partial charge >= 0.3 is 0 Å². The van der Waals surface area contributed by atoms with E-state index in [-0.39, 0.29) is 29.5 Å². The fraction of sp³-hybridized carbons (Fsp3) is 0.257. The molecule has 0 spiro atoms. The molecule has 2 amide bonds. The summed E-state index contributed by atoms with van der Waals surface area (Å²) in [5.74, 6) is -0.304. The fourth-order valence-corrected chi connectivity index (χ4v) is 6.40. The highest BCUT2D eigenvalue weighted by Gasteiger charge is 2.34. The van der Waals surface area contributed by atoms with Crippen molar-refractivity contribution in [3.8, 4) is 5.75 Å². The van der Waals surface area contributed by atoms with Gasteiger partial charge in [-0.3, -0.25) is 13.9 Å². The van der Waals surface area contributed by atoms with Crippen molar-refractivity contribution in [1.29, 1.82) is 0 Å². The molecule has 4 aromatic carbocycles. The quantitative estimate of drug-likeness (QED) is 0.157. The molecule has 0 heterocycles. The Balaban J connectivity index is 1.77. The summed E-state index contributed by atoms with van der Waals surface area (Å²) in [6.45, 7) is 2.02. The molecule has 0 saturated carbocycles. The second kappa shape index (κ2) is 16.1. The Labute approximate surface area is 270 Å². The van der Waals surface area contributed by atoms with E-state index in [1.807, 2.05) is 37.3 Å². The highest BCUT2D eigenvalue weighted by molar-refractivity contribution is 7.92. The van der Waals surface area contributed by atoms with Gasteiger partial charge in [-0.2, -0.15) is 0 Å². The van der Waals surface area contributed by atoms with Gasteiger partial charge in [-0.25, -0.2) is 8.42 Å². The van der Waals surface area contributed by atoms with Crippen molar-refractivity contribution in [1.82, 2.24) is 10.2 Å². The van der Waals surface area contributed by atoms with Crippen molar-refractivity contribution in [3.63, 3.8) is 0 Å². The molecule has 0 aliphatic carbocycles. The van der Waals surface area contributed by atoms with Crippen LogP contribution in [0.25, 0.3) is 0 Å². The van der Waals surface area contributed by atoms with Crippen LogP contribution in [0.5, 0.6) is 5.75 Å². The van der Waals surface area contributed by atoms with E-state index in [0.717, 1.165) is 28.3 Å². The SMILES string of the molecule is CCCCNC(=O)C(Cc1ccccc1)N(Cc1ccc(Cl)cc1)C(=O)CN(c1ccc(OC)cc1)S(=O)(=O)c1ccccc1. The molecule has 45 heavy (non-hydrogen) atoms. The molecule has 4 aromatic rings. The predicted octanol–water partition coefficient (Wildman–Crippen LogP) is 6.10. The molecular formula is C35H38ClN3O5S. The number of anilines is 1. The molecule has 1 N–H and O–H groups in total. The maximum Gasteiger partial charge on any atom is 0.264 e. The highest BCUT2D eigenvalue weighted by Crippen LogP contribution is 2.27. The van der Waals surface area contributed by atoms with Crippen molar-refractivity contribution in [3.05, 3.63) is 125 Å². The molecule has 1 unspecified atom stereocenters. The zero-order chi connectivity index (χ0) is 32.2. The number of hydrogen-bond donors (Lipinski definition) is 1. The molecule has 0 aromatic heterocycles. The third-order valence-electron chi connectivity index (χ3n) is 7.34. The summed E-state index contributed by atoms with van der Waals surface area (Å²) in [7, 11) is -2.66. The Morgan fingerprint density at radius 2 is 1.47 bits per heavy atom. The minimum Gasteiger partial charge on any atom is -0.497 e. The second-order valence-corrected chi connectivity index (χ2v) is 12.8. The topological polar surface area (TPSA) is 96.0 Å². The van der Waals surface area contributed by atoms with E-state index >= 15 is 0 Å². The summed E-state index contributed by atoms with van der Waals surface area (Å²) in [4.78, 5) is 29.7. The van der Waals surface area contributed by atoms with Crippen molar-refractivity contribution in [2.75, 3.05) is 24.5 Å². The first-order valence-corrected chi connectivity index (χ1v) is 16.6. The van der Waals surface area contributed by atoms with Crippen LogP contribution in [0.1, 0.15) is 30.9 Å². The van der Waals surface area contributed by atoms with Crippen LogP contribution in [0.15, 0.2) is 114 Å². The maximum absolute atomic E-state index is 14.5. The minimum atomic E-state index is -4.18. The summed E-state index contributed by atoms with van der Waals surface area (Å²) in [5.41, 5.74) is 1.89. The molecule has 1 atom stereocenters. The van der Waals surface area contributed by atoms with Crippen LogP contribution in [-0.4, -0.2) is 51.4 Å². The molecule has 8 nitrogen and oxygen atoms in total. The average molecular weight is 648 g/mol. The Morgan fingerprint density at radius 1 is 0.844 bits per heavy atom. The number of benzene rings is 4. The third kappa shape index (κ3) is 9.09. The van der Waals surface area contributed by atoms with E-state index in [0.29, 0.717) is 17.3 Å². The Morgan fingerprint density at radius 3 is 2.07 bits per heavy atom. The van der Waals surface area contributed by atoms with Crippen LogP contribution >= 0.6 is 11.6 Å². The number of ether oxygens (including phenoxy) is 1. The van der Waals surface area contributed by atoms with Crippen molar-refractivity contribution in [2.24, 2.45) is 0 Å². The van der Waals surface area contributed by atoms with Gasteiger partial charge in [0.15, 0.2) is 0 Å². The van der Waals surface area contributed by atoms with Crippen LogP contribution in [0, 0.1) is 0 Å². The minimum absolute atomic E-state index is 0.0380. The van der Waals surface area contributed by atoms with Gasteiger partial charge in [0.1, 0.15) is 18.3 Å². The van der Waals surface area contributed by atoms with Crippen LogP contribution < -0.4 is 14.4 Å². The van der Waals surface area contributed by atoms with E-state index < -0.39 is 28.5 Å². The highest BCUT2D eigenvalue weighted by atomic mass is 35.5. The van der Waals surface area contributed by atoms with Gasteiger partial charge in [0.2, 0.25) is 11.8 Å². The third-order valence-corrected chi connectivity index (χ3v) is 9.38. The van der Waals surface area contributed by atoms with Crippen molar-refractivity contribution in [2.45, 2.75) is 43.7 Å². The van der Waals surface area contributed by atoms with Gasteiger partial charge in [0, 0.05) is 24.5 Å². The van der Waals surface area contributed by atoms with Gasteiger partial charge in [0.05, 0.1) is 17.7 Å². The van der Waals surface area contributed by atoms with Crippen LogP contribution in [0.3, 0.4) is 0 Å². The average Bonchev–Trinajstić information content (AvgIpc) is 3.07. The van der Waals surface area contributed by atoms with Gasteiger partial charge in [-0.05, 0) is 66.1 Å². The molecule has 10 heteroatoms. The van der Waals surface area contributed by atoms with Gasteiger partial charge in [0.25, 0.3) is 10.0 Å². The molecule has 0 aliphatic rings. The number of methoxy groups -OCH3 is 1. The number of hydrogen-bond acceptors (Lipinski definition) is 5. The summed E-state index contributed by atoms with van der Waals surface area (Å²) < 4.78 is 34.4. The lowest BCUT2D eigenvalue weighted by molar-refractivity contribution is -0.140. The fourth-order valence-electron chi connectivity index (χ4n) is 4.84. The number of carbonyl (C=O) groups excluding carboxylic acids is 2. The smallest absolute Gasteiger partial charge is 0.264 e. The number of sulfonamides is 1.